The Morgan fingerprint density at radius 3 is 0.971 bits per heavy atom. The number of esters is 2. The number of unbranched alkanes of at least 4 members (excludes halogenated alkanes) is 39. The Morgan fingerprint density at radius 2 is 0.600 bits per heavy atom. The van der Waals surface area contributed by atoms with E-state index in [0.717, 1.165) is 51.4 Å². The molecule has 1 atom stereocenters. The molecule has 410 valence electrons. The first-order valence-corrected chi connectivity index (χ1v) is 31.2. The van der Waals surface area contributed by atoms with E-state index in [1.165, 1.54) is 244 Å². The van der Waals surface area contributed by atoms with Crippen molar-refractivity contribution in [2.45, 2.75) is 335 Å². The number of rotatable bonds is 58. The number of hydrogen-bond acceptors (Lipinski definition) is 5. The molecule has 0 spiro atoms. The second kappa shape index (κ2) is 61.2. The average Bonchev–Trinajstić information content (AvgIpc) is 3.36. The highest BCUT2D eigenvalue weighted by molar-refractivity contribution is 5.70. The van der Waals surface area contributed by atoms with Crippen LogP contribution in [0, 0.1) is 0 Å². The smallest absolute Gasteiger partial charge is 0.306 e. The van der Waals surface area contributed by atoms with Crippen LogP contribution in [-0.2, 0) is 23.8 Å². The summed E-state index contributed by atoms with van der Waals surface area (Å²) in [6.45, 7) is 7.83. The molecular weight excluding hydrogens is 861 g/mol. The molecule has 0 aromatic carbocycles. The molecule has 0 aliphatic rings. The third-order valence-electron chi connectivity index (χ3n) is 13.8. The van der Waals surface area contributed by atoms with Crippen LogP contribution in [-0.4, -0.2) is 37.9 Å². The van der Waals surface area contributed by atoms with Gasteiger partial charge in [0.15, 0.2) is 6.10 Å². The summed E-state index contributed by atoms with van der Waals surface area (Å²) >= 11 is 0. The van der Waals surface area contributed by atoms with Crippen LogP contribution in [0.25, 0.3) is 0 Å². The third-order valence-corrected chi connectivity index (χ3v) is 13.8. The SMILES string of the molecule is CCCCC/C=C\C/C=C\CCCCCCCCCCCC(=O)OCC(COCCCCCCCCCC/C=C\C/C=C\CCCCC)OC(=O)CCCCCCCCCCCCCCCCCCC. The van der Waals surface area contributed by atoms with E-state index < -0.39 is 6.10 Å². The fourth-order valence-corrected chi connectivity index (χ4v) is 9.16. The van der Waals surface area contributed by atoms with Crippen molar-refractivity contribution in [2.75, 3.05) is 19.8 Å². The van der Waals surface area contributed by atoms with Crippen molar-refractivity contribution < 1.29 is 23.8 Å². The van der Waals surface area contributed by atoms with Crippen molar-refractivity contribution in [3.8, 4) is 0 Å². The molecule has 0 bridgehead atoms. The lowest BCUT2D eigenvalue weighted by Gasteiger charge is -2.18. The molecule has 0 rings (SSSR count). The molecule has 0 aromatic rings. The van der Waals surface area contributed by atoms with Gasteiger partial charge in [0.1, 0.15) is 6.61 Å². The number of carbonyl (C=O) groups is 2. The lowest BCUT2D eigenvalue weighted by atomic mass is 10.0. The summed E-state index contributed by atoms with van der Waals surface area (Å²) in [7, 11) is 0. The first-order chi connectivity index (χ1) is 34.6. The van der Waals surface area contributed by atoms with E-state index >= 15 is 0 Å². The zero-order valence-corrected chi connectivity index (χ0v) is 47.3. The Bertz CT molecular complexity index is 1150. The van der Waals surface area contributed by atoms with Gasteiger partial charge in [-0.3, -0.25) is 9.59 Å². The minimum atomic E-state index is -0.539. The van der Waals surface area contributed by atoms with Gasteiger partial charge in [0.05, 0.1) is 6.61 Å². The molecule has 0 aromatic heterocycles. The van der Waals surface area contributed by atoms with Gasteiger partial charge >= 0.3 is 11.9 Å². The largest absolute Gasteiger partial charge is 0.462 e. The highest BCUT2D eigenvalue weighted by Gasteiger charge is 2.18. The molecule has 0 amide bonds. The van der Waals surface area contributed by atoms with Gasteiger partial charge in [0, 0.05) is 19.4 Å². The van der Waals surface area contributed by atoms with Crippen LogP contribution in [0.2, 0.25) is 0 Å². The fraction of sp³-hybridized carbons (Fsp3) is 0.846. The lowest BCUT2D eigenvalue weighted by Crippen LogP contribution is -2.30. The van der Waals surface area contributed by atoms with Gasteiger partial charge < -0.3 is 14.2 Å². The summed E-state index contributed by atoms with van der Waals surface area (Å²) in [6.07, 6.45) is 77.1. The fourth-order valence-electron chi connectivity index (χ4n) is 9.16. The maximum absolute atomic E-state index is 12.9. The summed E-state index contributed by atoms with van der Waals surface area (Å²) in [4.78, 5) is 25.6. The van der Waals surface area contributed by atoms with Gasteiger partial charge in [-0.15, -0.1) is 0 Å². The van der Waals surface area contributed by atoms with Crippen molar-refractivity contribution in [1.82, 2.24) is 0 Å². The highest BCUT2D eigenvalue weighted by Crippen LogP contribution is 2.17. The van der Waals surface area contributed by atoms with Crippen LogP contribution in [0.4, 0.5) is 0 Å². The highest BCUT2D eigenvalue weighted by atomic mass is 16.6. The first kappa shape index (κ1) is 67.9. The summed E-state index contributed by atoms with van der Waals surface area (Å²) in [5.41, 5.74) is 0. The van der Waals surface area contributed by atoms with Gasteiger partial charge in [-0.1, -0.05) is 281 Å². The topological polar surface area (TPSA) is 61.8 Å². The van der Waals surface area contributed by atoms with E-state index in [1.807, 2.05) is 0 Å². The van der Waals surface area contributed by atoms with Gasteiger partial charge in [-0.2, -0.15) is 0 Å². The predicted molar refractivity (Wildman–Crippen MR) is 307 cm³/mol. The molecule has 0 aliphatic heterocycles. The molecule has 5 heteroatoms. The Balaban J connectivity index is 4.25. The lowest BCUT2D eigenvalue weighted by molar-refractivity contribution is -0.163. The van der Waals surface area contributed by atoms with Gasteiger partial charge in [-0.05, 0) is 83.5 Å². The normalized spacial score (nSPS) is 12.4. The Hall–Kier alpha value is -2.14. The predicted octanol–water partition coefficient (Wildman–Crippen LogP) is 21.5. The van der Waals surface area contributed by atoms with Crippen LogP contribution in [0.5, 0.6) is 0 Å². The van der Waals surface area contributed by atoms with Gasteiger partial charge in [0.2, 0.25) is 0 Å². The molecule has 70 heavy (non-hydrogen) atoms. The van der Waals surface area contributed by atoms with E-state index in [1.54, 1.807) is 0 Å². The summed E-state index contributed by atoms with van der Waals surface area (Å²) < 4.78 is 17.5. The van der Waals surface area contributed by atoms with Gasteiger partial charge in [-0.25, -0.2) is 0 Å². The Kier molecular flexibility index (Phi) is 59.3. The number of hydrogen-bond donors (Lipinski definition) is 0. The summed E-state index contributed by atoms with van der Waals surface area (Å²) in [5, 5.41) is 0. The first-order valence-electron chi connectivity index (χ1n) is 31.2. The molecule has 1 unspecified atom stereocenters. The molecule has 0 radical (unpaired) electrons. The monoisotopic (exact) mass is 981 g/mol. The number of carbonyl (C=O) groups excluding carboxylic acids is 2. The van der Waals surface area contributed by atoms with Crippen molar-refractivity contribution in [1.29, 1.82) is 0 Å². The molecule has 0 saturated heterocycles. The molecule has 0 fully saturated rings. The molecule has 0 saturated carbocycles. The van der Waals surface area contributed by atoms with E-state index in [9.17, 15) is 9.59 Å². The number of allylic oxidation sites excluding steroid dienone is 8. The van der Waals surface area contributed by atoms with Crippen LogP contribution in [0.1, 0.15) is 329 Å². The van der Waals surface area contributed by atoms with Crippen molar-refractivity contribution >= 4 is 11.9 Å². The molecule has 5 nitrogen and oxygen atoms in total. The van der Waals surface area contributed by atoms with E-state index in [4.69, 9.17) is 14.2 Å². The van der Waals surface area contributed by atoms with Crippen LogP contribution < -0.4 is 0 Å². The average molecular weight is 982 g/mol. The molecular formula is C65H120O5. The van der Waals surface area contributed by atoms with Crippen LogP contribution in [0.15, 0.2) is 48.6 Å². The number of ether oxygens (including phenoxy) is 3. The Labute approximate surface area is 437 Å². The summed E-state index contributed by atoms with van der Waals surface area (Å²) in [5.74, 6) is -0.385. The van der Waals surface area contributed by atoms with Crippen molar-refractivity contribution in [3.05, 3.63) is 48.6 Å². The molecule has 0 N–H and O–H groups in total. The molecule has 0 heterocycles. The zero-order valence-electron chi connectivity index (χ0n) is 47.3. The maximum Gasteiger partial charge on any atom is 0.306 e. The zero-order chi connectivity index (χ0) is 50.6. The second-order valence-corrected chi connectivity index (χ2v) is 21.0. The van der Waals surface area contributed by atoms with E-state index in [2.05, 4.69) is 69.4 Å². The minimum absolute atomic E-state index is 0.0849. The van der Waals surface area contributed by atoms with E-state index in [-0.39, 0.29) is 25.2 Å². The van der Waals surface area contributed by atoms with E-state index in [0.29, 0.717) is 19.4 Å². The van der Waals surface area contributed by atoms with Crippen LogP contribution in [0.3, 0.4) is 0 Å². The Morgan fingerprint density at radius 1 is 0.314 bits per heavy atom. The third kappa shape index (κ3) is 58.4. The second-order valence-electron chi connectivity index (χ2n) is 21.0. The minimum Gasteiger partial charge on any atom is -0.462 e. The van der Waals surface area contributed by atoms with Crippen molar-refractivity contribution in [3.63, 3.8) is 0 Å². The van der Waals surface area contributed by atoms with Gasteiger partial charge in [0.25, 0.3) is 0 Å². The van der Waals surface area contributed by atoms with Crippen molar-refractivity contribution in [2.24, 2.45) is 0 Å². The standard InChI is InChI=1S/C65H120O5/c1-4-7-10-13-16-19-22-25-28-31-33-35-37-40-43-46-49-52-55-58-64(66)69-62-63(61-68-60-57-54-51-48-45-42-39-36-32-29-26-23-20-17-14-11-8-5-2)70-65(67)59-56-53-50-47-44-41-38-34-30-27-24-21-18-15-12-9-6-3/h16-17,19-20,25-26,28-29,63H,4-15,18,21-24,27,30-62H2,1-3H3/b19-16-,20-17-,28-25-,29-26-. The van der Waals surface area contributed by atoms with Crippen LogP contribution >= 0.6 is 0 Å². The summed E-state index contributed by atoms with van der Waals surface area (Å²) in [6, 6.07) is 0. The molecule has 0 aliphatic carbocycles. The quantitative estimate of drug-likeness (QED) is 0.0345. The maximum atomic E-state index is 12.9.